The predicted molar refractivity (Wildman–Crippen MR) is 288 cm³/mol. The molecule has 11 nitrogen and oxygen atoms in total. The molecule has 0 aromatic rings. The van der Waals surface area contributed by atoms with Gasteiger partial charge in [-0.3, -0.25) is 23.4 Å². The second kappa shape index (κ2) is 51.5. The summed E-state index contributed by atoms with van der Waals surface area (Å²) in [6, 6.07) is 0. The molecule has 0 rings (SSSR count). The summed E-state index contributed by atoms with van der Waals surface area (Å²) in [6.07, 6.45) is 60.9. The van der Waals surface area contributed by atoms with Crippen molar-refractivity contribution in [2.45, 2.75) is 213 Å². The first kappa shape index (κ1) is 66.1. The molecule has 0 spiro atoms. The molecule has 0 fully saturated rings. The first-order chi connectivity index (χ1) is 34.2. The van der Waals surface area contributed by atoms with Gasteiger partial charge in [0.1, 0.15) is 12.7 Å². The molecular formula is C58H95O11P. The van der Waals surface area contributed by atoms with Gasteiger partial charge in [-0.2, -0.15) is 0 Å². The number of carbonyl (C=O) groups excluding carboxylic acids is 3. The molecule has 3 unspecified atom stereocenters. The van der Waals surface area contributed by atoms with E-state index in [4.69, 9.17) is 23.3 Å². The van der Waals surface area contributed by atoms with Gasteiger partial charge >= 0.3 is 25.7 Å². The Hall–Kier alpha value is -3.86. The van der Waals surface area contributed by atoms with E-state index in [9.17, 15) is 28.9 Å². The molecule has 12 heteroatoms. The lowest BCUT2D eigenvalue weighted by Gasteiger charge is -2.21. The molecule has 0 aromatic heterocycles. The zero-order valence-corrected chi connectivity index (χ0v) is 44.6. The number of hydrogen-bond acceptors (Lipinski definition) is 10. The van der Waals surface area contributed by atoms with E-state index < -0.39 is 64.4 Å². The van der Waals surface area contributed by atoms with E-state index in [0.717, 1.165) is 109 Å². The summed E-state index contributed by atoms with van der Waals surface area (Å²) in [7, 11) is -4.77. The number of esters is 3. The number of rotatable bonds is 48. The number of hydrogen-bond donors (Lipinski definition) is 2. The van der Waals surface area contributed by atoms with Gasteiger partial charge < -0.3 is 24.2 Å². The number of phosphoric ester groups is 1. The van der Waals surface area contributed by atoms with Gasteiger partial charge in [-0.25, -0.2) is 4.57 Å². The van der Waals surface area contributed by atoms with Gasteiger partial charge in [0.05, 0.1) is 26.2 Å². The lowest BCUT2D eigenvalue weighted by Crippen LogP contribution is -2.30. The minimum atomic E-state index is -4.77. The van der Waals surface area contributed by atoms with Crippen LogP contribution in [0.15, 0.2) is 109 Å². The van der Waals surface area contributed by atoms with Crippen molar-refractivity contribution >= 4 is 25.7 Å². The standard InChI is InChI=1S/C58H95O11P/c1-4-7-10-13-16-19-21-23-25-26-27-28-30-32-34-37-40-43-46-49-58(62)69-55(51-65-56(60)47-44-41-38-36-33-31-29-24-22-20-17-14-11-8-5-2)53-67-70(63,64)66-52-54(50-59)68-57(61)48-45-42-39-35-18-15-12-9-6-3/h7-8,10-11,16-17,19-20,23-25,27-29,33,36,41,44,54-55,59H,4-6,9,12-15,18,21-22,26,30-32,34-35,37-40,42-43,45-53H2,1-3H3,(H,63,64)/b10-7-,11-8-,19-16-,20-17-,25-23-,28-27-,29-24-,36-33-,44-41-. The van der Waals surface area contributed by atoms with Crippen LogP contribution < -0.4 is 0 Å². The Bertz CT molecular complexity index is 1590. The minimum Gasteiger partial charge on any atom is -0.461 e. The molecule has 0 bridgehead atoms. The number of phosphoric acid groups is 1. The van der Waals surface area contributed by atoms with Crippen LogP contribution in [-0.4, -0.2) is 66.5 Å². The summed E-state index contributed by atoms with van der Waals surface area (Å²) >= 11 is 0. The Morgan fingerprint density at radius 3 is 1.21 bits per heavy atom. The second-order valence-electron chi connectivity index (χ2n) is 17.3. The van der Waals surface area contributed by atoms with E-state index in [1.807, 2.05) is 12.2 Å². The SMILES string of the molecule is CC/C=C\C/C=C\C/C=C\C/C=C\C/C=C\CC(=O)OCC(COP(=O)(O)OCC(CO)OC(=O)CCCCCCCCCCC)OC(=O)CCCCCCCC/C=C\C/C=C\C/C=C\C/C=C\CC. The zero-order chi connectivity index (χ0) is 51.3. The lowest BCUT2D eigenvalue weighted by molar-refractivity contribution is -0.161. The largest absolute Gasteiger partial charge is 0.472 e. The Morgan fingerprint density at radius 1 is 0.429 bits per heavy atom. The molecule has 0 aliphatic heterocycles. The topological polar surface area (TPSA) is 155 Å². The highest BCUT2D eigenvalue weighted by atomic mass is 31.2. The van der Waals surface area contributed by atoms with E-state index in [2.05, 4.69) is 112 Å². The Labute approximate surface area is 425 Å². The predicted octanol–water partition coefficient (Wildman–Crippen LogP) is 15.5. The molecule has 0 radical (unpaired) electrons. The first-order valence-electron chi connectivity index (χ1n) is 26.8. The maximum Gasteiger partial charge on any atom is 0.472 e. The van der Waals surface area contributed by atoms with Gasteiger partial charge in [-0.1, -0.05) is 207 Å². The molecule has 0 aromatic carbocycles. The van der Waals surface area contributed by atoms with Gasteiger partial charge in [0.25, 0.3) is 0 Å². The van der Waals surface area contributed by atoms with Crippen LogP contribution in [0.1, 0.15) is 201 Å². The highest BCUT2D eigenvalue weighted by molar-refractivity contribution is 7.47. The third-order valence-electron chi connectivity index (χ3n) is 10.7. The second-order valence-corrected chi connectivity index (χ2v) is 18.8. The van der Waals surface area contributed by atoms with Crippen LogP contribution in [0.2, 0.25) is 0 Å². The average Bonchev–Trinajstić information content (AvgIpc) is 3.35. The van der Waals surface area contributed by atoms with Crippen molar-refractivity contribution in [2.75, 3.05) is 26.4 Å². The molecule has 0 aliphatic rings. The van der Waals surface area contributed by atoms with Crippen LogP contribution >= 0.6 is 7.82 Å². The molecule has 0 saturated carbocycles. The van der Waals surface area contributed by atoms with Crippen LogP contribution in [0.5, 0.6) is 0 Å². The number of aliphatic hydroxyl groups is 1. The van der Waals surface area contributed by atoms with Crippen molar-refractivity contribution in [3.63, 3.8) is 0 Å². The molecule has 3 atom stereocenters. The molecular weight excluding hydrogens is 904 g/mol. The van der Waals surface area contributed by atoms with Crippen molar-refractivity contribution in [3.05, 3.63) is 109 Å². The molecule has 2 N–H and O–H groups in total. The Balaban J connectivity index is 4.88. The van der Waals surface area contributed by atoms with E-state index in [1.54, 1.807) is 6.08 Å². The van der Waals surface area contributed by atoms with E-state index >= 15 is 0 Å². The molecule has 398 valence electrons. The highest BCUT2D eigenvalue weighted by Crippen LogP contribution is 2.43. The molecule has 0 aliphatic carbocycles. The van der Waals surface area contributed by atoms with Crippen LogP contribution in [0, 0.1) is 0 Å². The smallest absolute Gasteiger partial charge is 0.461 e. The quantitative estimate of drug-likeness (QED) is 0.0197. The molecule has 0 amide bonds. The normalized spacial score (nSPS) is 14.3. The summed E-state index contributed by atoms with van der Waals surface area (Å²) in [4.78, 5) is 48.3. The Morgan fingerprint density at radius 2 is 0.786 bits per heavy atom. The van der Waals surface area contributed by atoms with Gasteiger partial charge in [0.2, 0.25) is 0 Å². The van der Waals surface area contributed by atoms with Gasteiger partial charge in [0, 0.05) is 12.8 Å². The monoisotopic (exact) mass is 999 g/mol. The Kier molecular flexibility index (Phi) is 48.7. The van der Waals surface area contributed by atoms with Crippen molar-refractivity contribution in [1.82, 2.24) is 0 Å². The van der Waals surface area contributed by atoms with Crippen molar-refractivity contribution in [3.8, 4) is 0 Å². The fraction of sp³-hybridized carbons (Fsp3) is 0.638. The number of ether oxygens (including phenoxy) is 3. The highest BCUT2D eigenvalue weighted by Gasteiger charge is 2.28. The minimum absolute atomic E-state index is 0.0134. The third kappa shape index (κ3) is 49.1. The van der Waals surface area contributed by atoms with Crippen LogP contribution in [0.4, 0.5) is 0 Å². The first-order valence-corrected chi connectivity index (χ1v) is 28.3. The van der Waals surface area contributed by atoms with Crippen LogP contribution in [0.25, 0.3) is 0 Å². The van der Waals surface area contributed by atoms with Gasteiger partial charge in [0.15, 0.2) is 6.10 Å². The maximum absolute atomic E-state index is 12.9. The number of allylic oxidation sites excluding steroid dienone is 17. The van der Waals surface area contributed by atoms with Crippen molar-refractivity contribution in [1.29, 1.82) is 0 Å². The summed E-state index contributed by atoms with van der Waals surface area (Å²) in [5.74, 6) is -1.65. The summed E-state index contributed by atoms with van der Waals surface area (Å²) in [5, 5.41) is 9.75. The summed E-state index contributed by atoms with van der Waals surface area (Å²) < 4.78 is 39.2. The van der Waals surface area contributed by atoms with E-state index in [0.29, 0.717) is 19.3 Å². The van der Waals surface area contributed by atoms with E-state index in [1.165, 1.54) is 32.1 Å². The van der Waals surface area contributed by atoms with Gasteiger partial charge in [-0.05, 0) is 83.5 Å². The number of aliphatic hydroxyl groups excluding tert-OH is 1. The maximum atomic E-state index is 12.9. The van der Waals surface area contributed by atoms with Gasteiger partial charge in [-0.15, -0.1) is 0 Å². The van der Waals surface area contributed by atoms with Crippen LogP contribution in [0.3, 0.4) is 0 Å². The molecule has 70 heavy (non-hydrogen) atoms. The lowest BCUT2D eigenvalue weighted by atomic mass is 10.1. The zero-order valence-electron chi connectivity index (χ0n) is 43.7. The fourth-order valence-electron chi connectivity index (χ4n) is 6.71. The number of carbonyl (C=O) groups is 3. The third-order valence-corrected chi connectivity index (χ3v) is 11.7. The van der Waals surface area contributed by atoms with Crippen molar-refractivity contribution in [2.24, 2.45) is 0 Å². The molecule has 0 heterocycles. The fourth-order valence-corrected chi connectivity index (χ4v) is 7.50. The number of unbranched alkanes of at least 4 members (excludes halogenated alkanes) is 14. The average molecular weight is 999 g/mol. The van der Waals surface area contributed by atoms with Crippen LogP contribution in [-0.2, 0) is 42.2 Å². The summed E-state index contributed by atoms with van der Waals surface area (Å²) in [5.41, 5.74) is 0. The van der Waals surface area contributed by atoms with E-state index in [-0.39, 0.29) is 19.3 Å². The summed E-state index contributed by atoms with van der Waals surface area (Å²) in [6.45, 7) is 4.24. The van der Waals surface area contributed by atoms with Crippen molar-refractivity contribution < 1.29 is 52.2 Å². The molecule has 0 saturated heterocycles.